The Morgan fingerprint density at radius 3 is 2.19 bits per heavy atom. The van der Waals surface area contributed by atoms with Crippen molar-refractivity contribution in [2.75, 3.05) is 38.0 Å². The van der Waals surface area contributed by atoms with Crippen LogP contribution in [0, 0.1) is 5.82 Å². The average Bonchev–Trinajstić information content (AvgIpc) is 2.56. The molecule has 0 bridgehead atoms. The van der Waals surface area contributed by atoms with E-state index >= 15 is 0 Å². The number of halogens is 4. The molecule has 2 rings (SSSR count). The van der Waals surface area contributed by atoms with Gasteiger partial charge in [-0.1, -0.05) is 0 Å². The van der Waals surface area contributed by atoms with E-state index in [9.17, 15) is 32.3 Å². The van der Waals surface area contributed by atoms with E-state index in [1.807, 2.05) is 0 Å². The Morgan fingerprint density at radius 1 is 1.11 bits per heavy atom. The topological polar surface area (TPSA) is 72.9 Å². The van der Waals surface area contributed by atoms with Gasteiger partial charge in [-0.3, -0.25) is 14.5 Å². The van der Waals surface area contributed by atoms with Gasteiger partial charge in [0.1, 0.15) is 5.82 Å². The van der Waals surface area contributed by atoms with Crippen LogP contribution in [-0.2, 0) is 9.59 Å². The Hall–Kier alpha value is -2.20. The van der Waals surface area contributed by atoms with Gasteiger partial charge in [-0.15, -0.1) is 0 Å². The minimum absolute atomic E-state index is 0.0413. The van der Waals surface area contributed by atoms with Crippen molar-refractivity contribution in [2.45, 2.75) is 25.1 Å². The van der Waals surface area contributed by atoms with Crippen molar-refractivity contribution in [1.82, 2.24) is 9.80 Å². The smallest absolute Gasteiger partial charge is 0.380 e. The Morgan fingerprint density at radius 2 is 1.67 bits per heavy atom. The van der Waals surface area contributed by atoms with Gasteiger partial charge in [-0.05, 0) is 31.2 Å². The number of rotatable bonds is 5. The number of hydrogen-bond donors (Lipinski definition) is 2. The molecule has 0 unspecified atom stereocenters. The quantitative estimate of drug-likeness (QED) is 0.749. The second-order valence-electron chi connectivity index (χ2n) is 6.66. The monoisotopic (exact) mass is 391 g/mol. The first-order valence-electron chi connectivity index (χ1n) is 8.32. The van der Waals surface area contributed by atoms with Crippen LogP contribution in [0.5, 0.6) is 0 Å². The molecule has 1 aliphatic heterocycles. The minimum Gasteiger partial charge on any atom is -0.380 e. The lowest BCUT2D eigenvalue weighted by atomic mass is 10.0. The number of nitrogens with one attached hydrogen (secondary N) is 1. The third kappa shape index (κ3) is 5.90. The molecule has 0 spiro atoms. The Labute approximate surface area is 153 Å². The summed E-state index contributed by atoms with van der Waals surface area (Å²) < 4.78 is 50.9. The molecule has 6 nitrogen and oxygen atoms in total. The third-order valence-electron chi connectivity index (χ3n) is 4.33. The van der Waals surface area contributed by atoms with Crippen LogP contribution in [0.15, 0.2) is 24.3 Å². The van der Waals surface area contributed by atoms with Crippen LogP contribution >= 0.6 is 0 Å². The first-order chi connectivity index (χ1) is 12.5. The molecule has 1 saturated heterocycles. The Bertz CT molecular complexity index is 669. The van der Waals surface area contributed by atoms with Crippen molar-refractivity contribution in [3.63, 3.8) is 0 Å². The molecule has 1 aliphatic rings. The summed E-state index contributed by atoms with van der Waals surface area (Å²) in [6.45, 7) is 1.57. The lowest BCUT2D eigenvalue weighted by molar-refractivity contribution is -0.254. The molecule has 150 valence electrons. The highest BCUT2D eigenvalue weighted by atomic mass is 19.4. The van der Waals surface area contributed by atoms with Gasteiger partial charge in [-0.2, -0.15) is 13.2 Å². The lowest BCUT2D eigenvalue weighted by Gasteiger charge is -2.36. The Balaban J connectivity index is 1.78. The predicted octanol–water partition coefficient (Wildman–Crippen LogP) is 1.61. The summed E-state index contributed by atoms with van der Waals surface area (Å²) in [5.74, 6) is -1.52. The SMILES string of the molecule is C[C@@](O)(CC(=O)N1CCN(CC(=O)Nc2ccc(F)cc2)CC1)C(F)(F)F. The standard InChI is InChI=1S/C17H21F4N3O3/c1-16(27,17(19,20)21)10-15(26)24-8-6-23(7-9-24)11-14(25)22-13-4-2-12(18)3-5-13/h2-5,27H,6-11H2,1H3,(H,22,25)/t16-/m1/s1. The van der Waals surface area contributed by atoms with Crippen molar-refractivity contribution in [3.8, 4) is 0 Å². The summed E-state index contributed by atoms with van der Waals surface area (Å²) in [4.78, 5) is 27.0. The van der Waals surface area contributed by atoms with Gasteiger partial charge in [0.25, 0.3) is 0 Å². The summed E-state index contributed by atoms with van der Waals surface area (Å²) in [6, 6.07) is 5.29. The average molecular weight is 391 g/mol. The van der Waals surface area contributed by atoms with Gasteiger partial charge in [0.15, 0.2) is 5.60 Å². The fourth-order valence-corrected chi connectivity index (χ4v) is 2.60. The van der Waals surface area contributed by atoms with Crippen molar-refractivity contribution in [3.05, 3.63) is 30.1 Å². The van der Waals surface area contributed by atoms with E-state index in [0.717, 1.165) is 0 Å². The molecule has 1 fully saturated rings. The number of carbonyl (C=O) groups is 2. The van der Waals surface area contributed by atoms with Gasteiger partial charge in [-0.25, -0.2) is 4.39 Å². The van der Waals surface area contributed by atoms with Crippen LogP contribution < -0.4 is 5.32 Å². The largest absolute Gasteiger partial charge is 0.417 e. The number of hydrogen-bond acceptors (Lipinski definition) is 4. The van der Waals surface area contributed by atoms with Crippen LogP contribution in [-0.4, -0.2) is 71.2 Å². The number of carbonyl (C=O) groups excluding carboxylic acids is 2. The normalized spacial score (nSPS) is 18.1. The summed E-state index contributed by atoms with van der Waals surface area (Å²) in [6.07, 6.45) is -5.93. The highest BCUT2D eigenvalue weighted by Crippen LogP contribution is 2.33. The molecule has 0 aromatic heterocycles. The van der Waals surface area contributed by atoms with Crippen molar-refractivity contribution in [2.24, 2.45) is 0 Å². The third-order valence-corrected chi connectivity index (χ3v) is 4.33. The zero-order chi connectivity index (χ0) is 20.2. The van der Waals surface area contributed by atoms with Gasteiger partial charge in [0.05, 0.1) is 13.0 Å². The van der Waals surface area contributed by atoms with Crippen LogP contribution in [0.25, 0.3) is 0 Å². The molecule has 1 atom stereocenters. The maximum Gasteiger partial charge on any atom is 0.417 e. The first-order valence-corrected chi connectivity index (χ1v) is 8.32. The fourth-order valence-electron chi connectivity index (χ4n) is 2.60. The highest BCUT2D eigenvalue weighted by molar-refractivity contribution is 5.92. The molecule has 2 amide bonds. The summed E-state index contributed by atoms with van der Waals surface area (Å²) in [5.41, 5.74) is -2.62. The molecule has 27 heavy (non-hydrogen) atoms. The molecule has 0 saturated carbocycles. The summed E-state index contributed by atoms with van der Waals surface area (Å²) in [7, 11) is 0. The van der Waals surface area contributed by atoms with Gasteiger partial charge < -0.3 is 15.3 Å². The number of nitrogens with zero attached hydrogens (tertiary/aromatic N) is 2. The van der Waals surface area contributed by atoms with E-state index in [1.54, 1.807) is 4.90 Å². The van der Waals surface area contributed by atoms with E-state index in [2.05, 4.69) is 5.32 Å². The van der Waals surface area contributed by atoms with Gasteiger partial charge in [0.2, 0.25) is 11.8 Å². The van der Waals surface area contributed by atoms with Gasteiger partial charge >= 0.3 is 6.18 Å². The van der Waals surface area contributed by atoms with E-state index in [0.29, 0.717) is 25.7 Å². The number of alkyl halides is 3. The maximum absolute atomic E-state index is 12.8. The zero-order valence-corrected chi connectivity index (χ0v) is 14.7. The molecule has 1 aromatic rings. The molecular weight excluding hydrogens is 370 g/mol. The van der Waals surface area contributed by atoms with E-state index in [-0.39, 0.29) is 25.5 Å². The maximum atomic E-state index is 12.8. The van der Waals surface area contributed by atoms with E-state index in [1.165, 1.54) is 29.2 Å². The lowest BCUT2D eigenvalue weighted by Crippen LogP contribution is -2.53. The highest BCUT2D eigenvalue weighted by Gasteiger charge is 2.51. The molecule has 2 N–H and O–H groups in total. The Kier molecular flexibility index (Phi) is 6.42. The second kappa shape index (κ2) is 8.22. The van der Waals surface area contributed by atoms with Crippen molar-refractivity contribution < 1.29 is 32.3 Å². The second-order valence-corrected chi connectivity index (χ2v) is 6.66. The fraction of sp³-hybridized carbons (Fsp3) is 0.529. The zero-order valence-electron chi connectivity index (χ0n) is 14.7. The minimum atomic E-state index is -4.89. The summed E-state index contributed by atoms with van der Waals surface area (Å²) >= 11 is 0. The number of benzene rings is 1. The number of aliphatic hydroxyl groups is 1. The van der Waals surface area contributed by atoms with Gasteiger partial charge in [0, 0.05) is 31.9 Å². The van der Waals surface area contributed by atoms with Crippen LogP contribution in [0.1, 0.15) is 13.3 Å². The molecule has 0 radical (unpaired) electrons. The predicted molar refractivity (Wildman–Crippen MR) is 89.3 cm³/mol. The van der Waals surface area contributed by atoms with Crippen molar-refractivity contribution in [1.29, 1.82) is 0 Å². The molecule has 10 heteroatoms. The molecule has 1 aromatic carbocycles. The molecule has 1 heterocycles. The summed E-state index contributed by atoms with van der Waals surface area (Å²) in [5, 5.41) is 12.0. The van der Waals surface area contributed by atoms with E-state index in [4.69, 9.17) is 0 Å². The van der Waals surface area contributed by atoms with Crippen LogP contribution in [0.2, 0.25) is 0 Å². The van der Waals surface area contributed by atoms with Crippen LogP contribution in [0.4, 0.5) is 23.2 Å². The first kappa shape index (κ1) is 21.1. The number of amides is 2. The number of anilines is 1. The molecular formula is C17H21F4N3O3. The van der Waals surface area contributed by atoms with Crippen LogP contribution in [0.3, 0.4) is 0 Å². The number of piperazine rings is 1. The molecule has 0 aliphatic carbocycles. The van der Waals surface area contributed by atoms with Crippen molar-refractivity contribution >= 4 is 17.5 Å². The van der Waals surface area contributed by atoms with E-state index < -0.39 is 29.9 Å².